The number of aromatic nitrogens is 4. The summed E-state index contributed by atoms with van der Waals surface area (Å²) < 4.78 is 1.69. The summed E-state index contributed by atoms with van der Waals surface area (Å²) in [5.41, 5.74) is 0. The van der Waals surface area contributed by atoms with E-state index in [2.05, 4.69) is 39.8 Å². The molecule has 0 aliphatic heterocycles. The van der Waals surface area contributed by atoms with Crippen LogP contribution < -0.4 is 5.32 Å². The van der Waals surface area contributed by atoms with Crippen LogP contribution >= 0.6 is 11.8 Å². The van der Waals surface area contributed by atoms with Gasteiger partial charge in [0.1, 0.15) is 0 Å². The van der Waals surface area contributed by atoms with Crippen LogP contribution in [0.4, 0.5) is 0 Å². The van der Waals surface area contributed by atoms with Gasteiger partial charge in [-0.1, -0.05) is 11.8 Å². The third kappa shape index (κ3) is 5.43. The first-order valence-electron chi connectivity index (χ1n) is 5.40. The maximum atomic E-state index is 3.90. The first kappa shape index (κ1) is 13.4. The van der Waals surface area contributed by atoms with Crippen LogP contribution in [-0.4, -0.2) is 64.6 Å². The van der Waals surface area contributed by atoms with Crippen molar-refractivity contribution in [3.63, 3.8) is 0 Å². The Hall–Kier alpha value is -0.660. The Morgan fingerprint density at radius 3 is 2.81 bits per heavy atom. The van der Waals surface area contributed by atoms with Crippen LogP contribution in [0.25, 0.3) is 0 Å². The standard InChI is InChI=1S/C9H20N6S/c1-14(2)7-4-5-10-6-8-16-9-11-12-13-15(9)3/h10H,4-8H2,1-3H3. The minimum Gasteiger partial charge on any atom is -0.316 e. The molecule has 0 fully saturated rings. The Kier molecular flexibility index (Phi) is 6.36. The average Bonchev–Trinajstić information content (AvgIpc) is 2.62. The number of hydrogen-bond acceptors (Lipinski definition) is 6. The molecule has 0 aliphatic carbocycles. The van der Waals surface area contributed by atoms with Gasteiger partial charge in [-0.05, 0) is 44.0 Å². The highest BCUT2D eigenvalue weighted by molar-refractivity contribution is 7.99. The Morgan fingerprint density at radius 1 is 1.38 bits per heavy atom. The number of nitrogens with one attached hydrogen (secondary N) is 1. The second kappa shape index (κ2) is 7.59. The van der Waals surface area contributed by atoms with Crippen molar-refractivity contribution in [3.8, 4) is 0 Å². The molecule has 0 aliphatic rings. The highest BCUT2D eigenvalue weighted by Crippen LogP contribution is 2.10. The first-order valence-corrected chi connectivity index (χ1v) is 6.39. The molecular weight excluding hydrogens is 224 g/mol. The van der Waals surface area contributed by atoms with Crippen molar-refractivity contribution in [3.05, 3.63) is 0 Å². The van der Waals surface area contributed by atoms with E-state index < -0.39 is 0 Å². The zero-order valence-corrected chi connectivity index (χ0v) is 11.0. The summed E-state index contributed by atoms with van der Waals surface area (Å²) in [5.74, 6) is 0.996. The smallest absolute Gasteiger partial charge is 0.209 e. The lowest BCUT2D eigenvalue weighted by atomic mass is 10.4. The Labute approximate surface area is 101 Å². The summed E-state index contributed by atoms with van der Waals surface area (Å²) in [4.78, 5) is 2.20. The summed E-state index contributed by atoms with van der Waals surface area (Å²) in [6.07, 6.45) is 1.18. The predicted octanol–water partition coefficient (Wildman–Crippen LogP) is -0.156. The van der Waals surface area contributed by atoms with Crippen molar-refractivity contribution in [2.75, 3.05) is 39.5 Å². The predicted molar refractivity (Wildman–Crippen MR) is 65.6 cm³/mol. The second-order valence-electron chi connectivity index (χ2n) is 3.84. The molecular formula is C9H20N6S. The van der Waals surface area contributed by atoms with Gasteiger partial charge in [-0.15, -0.1) is 5.10 Å². The van der Waals surface area contributed by atoms with Crippen LogP contribution in [0.5, 0.6) is 0 Å². The van der Waals surface area contributed by atoms with Gasteiger partial charge in [-0.2, -0.15) is 0 Å². The van der Waals surface area contributed by atoms with E-state index in [1.807, 2.05) is 7.05 Å². The molecule has 92 valence electrons. The van der Waals surface area contributed by atoms with Gasteiger partial charge in [0.2, 0.25) is 5.16 Å². The highest BCUT2D eigenvalue weighted by atomic mass is 32.2. The normalized spacial score (nSPS) is 11.2. The number of rotatable bonds is 8. The van der Waals surface area contributed by atoms with Crippen molar-refractivity contribution in [1.82, 2.24) is 30.4 Å². The maximum Gasteiger partial charge on any atom is 0.209 e. The molecule has 1 heterocycles. The van der Waals surface area contributed by atoms with Crippen LogP contribution in [-0.2, 0) is 7.05 Å². The van der Waals surface area contributed by atoms with E-state index in [0.717, 1.165) is 30.5 Å². The van der Waals surface area contributed by atoms with E-state index >= 15 is 0 Å². The van der Waals surface area contributed by atoms with Crippen LogP contribution in [0.2, 0.25) is 0 Å². The molecule has 1 aromatic heterocycles. The molecule has 1 aromatic rings. The van der Waals surface area contributed by atoms with E-state index in [-0.39, 0.29) is 0 Å². The molecule has 0 unspecified atom stereocenters. The molecule has 0 spiro atoms. The van der Waals surface area contributed by atoms with Crippen molar-refractivity contribution < 1.29 is 0 Å². The van der Waals surface area contributed by atoms with Gasteiger partial charge in [0.25, 0.3) is 0 Å². The van der Waals surface area contributed by atoms with Crippen molar-refractivity contribution >= 4 is 11.8 Å². The van der Waals surface area contributed by atoms with Gasteiger partial charge in [0, 0.05) is 19.3 Å². The monoisotopic (exact) mass is 244 g/mol. The molecule has 0 aromatic carbocycles. The Morgan fingerprint density at radius 2 is 2.19 bits per heavy atom. The van der Waals surface area contributed by atoms with Gasteiger partial charge >= 0.3 is 0 Å². The summed E-state index contributed by atoms with van der Waals surface area (Å²) in [5, 5.41) is 15.5. The van der Waals surface area contributed by atoms with Gasteiger partial charge in [0.05, 0.1) is 0 Å². The summed E-state index contributed by atoms with van der Waals surface area (Å²) in [6.45, 7) is 3.19. The molecule has 7 heteroatoms. The lowest BCUT2D eigenvalue weighted by Gasteiger charge is -2.09. The molecule has 0 saturated heterocycles. The first-order chi connectivity index (χ1) is 7.70. The van der Waals surface area contributed by atoms with E-state index in [4.69, 9.17) is 0 Å². The fraction of sp³-hybridized carbons (Fsp3) is 0.889. The largest absolute Gasteiger partial charge is 0.316 e. The van der Waals surface area contributed by atoms with Crippen molar-refractivity contribution in [2.24, 2.45) is 7.05 Å². The zero-order valence-electron chi connectivity index (χ0n) is 10.2. The summed E-state index contributed by atoms with van der Waals surface area (Å²) in [6, 6.07) is 0. The van der Waals surface area contributed by atoms with Gasteiger partial charge in [-0.25, -0.2) is 4.68 Å². The Balaban J connectivity index is 1.94. The molecule has 0 saturated carbocycles. The third-order valence-electron chi connectivity index (χ3n) is 2.05. The van der Waals surface area contributed by atoms with E-state index in [9.17, 15) is 0 Å². The molecule has 0 bridgehead atoms. The number of tetrazole rings is 1. The van der Waals surface area contributed by atoms with Crippen LogP contribution in [0.3, 0.4) is 0 Å². The summed E-state index contributed by atoms with van der Waals surface area (Å²) >= 11 is 1.67. The lowest BCUT2D eigenvalue weighted by molar-refractivity contribution is 0.396. The van der Waals surface area contributed by atoms with E-state index in [1.54, 1.807) is 16.4 Å². The number of aryl methyl sites for hydroxylation is 1. The van der Waals surface area contributed by atoms with Crippen LogP contribution in [0, 0.1) is 0 Å². The summed E-state index contributed by atoms with van der Waals surface area (Å²) in [7, 11) is 6.04. The van der Waals surface area contributed by atoms with Crippen molar-refractivity contribution in [1.29, 1.82) is 0 Å². The maximum absolute atomic E-state index is 3.90. The molecule has 0 amide bonds. The fourth-order valence-corrected chi connectivity index (χ4v) is 1.95. The molecule has 6 nitrogen and oxygen atoms in total. The van der Waals surface area contributed by atoms with Gasteiger partial charge in [-0.3, -0.25) is 0 Å². The lowest BCUT2D eigenvalue weighted by Crippen LogP contribution is -2.23. The van der Waals surface area contributed by atoms with E-state index in [0.29, 0.717) is 0 Å². The minimum absolute atomic E-state index is 0.870. The van der Waals surface area contributed by atoms with Gasteiger partial charge in [0.15, 0.2) is 0 Å². The molecule has 1 rings (SSSR count). The highest BCUT2D eigenvalue weighted by Gasteiger charge is 2.01. The number of nitrogens with zero attached hydrogens (tertiary/aromatic N) is 5. The topological polar surface area (TPSA) is 58.9 Å². The Bertz CT molecular complexity index is 287. The van der Waals surface area contributed by atoms with Crippen molar-refractivity contribution in [2.45, 2.75) is 11.6 Å². The number of thioether (sulfide) groups is 1. The second-order valence-corrected chi connectivity index (χ2v) is 4.90. The molecule has 16 heavy (non-hydrogen) atoms. The van der Waals surface area contributed by atoms with Crippen LogP contribution in [0.15, 0.2) is 5.16 Å². The molecule has 1 N–H and O–H groups in total. The number of hydrogen-bond donors (Lipinski definition) is 1. The van der Waals surface area contributed by atoms with Crippen LogP contribution in [0.1, 0.15) is 6.42 Å². The average molecular weight is 244 g/mol. The zero-order chi connectivity index (χ0) is 11.8. The fourth-order valence-electron chi connectivity index (χ4n) is 1.20. The van der Waals surface area contributed by atoms with E-state index in [1.165, 1.54) is 6.42 Å². The van der Waals surface area contributed by atoms with Gasteiger partial charge < -0.3 is 10.2 Å². The molecule has 0 atom stereocenters. The minimum atomic E-state index is 0.870. The molecule has 0 radical (unpaired) electrons. The third-order valence-corrected chi connectivity index (χ3v) is 3.06. The quantitative estimate of drug-likeness (QED) is 0.507. The SMILES string of the molecule is CN(C)CCCNCCSc1nnnn1C.